The van der Waals surface area contributed by atoms with Crippen molar-refractivity contribution < 1.29 is 18.3 Å². The molecule has 0 aliphatic carbocycles. The molecule has 0 fully saturated rings. The Balaban J connectivity index is 2.11. The number of benzene rings is 2. The van der Waals surface area contributed by atoms with Crippen LogP contribution in [0.25, 0.3) is 0 Å². The molecule has 0 aliphatic heterocycles. The molecule has 180 valence electrons. The van der Waals surface area contributed by atoms with Crippen LogP contribution in [0.1, 0.15) is 37.6 Å². The normalized spacial score (nSPS) is 13.8. The van der Waals surface area contributed by atoms with Crippen molar-refractivity contribution in [3.63, 3.8) is 0 Å². The second-order valence-corrected chi connectivity index (χ2v) is 11.8. The number of halogens is 1. The lowest BCUT2D eigenvalue weighted by Gasteiger charge is -2.30. The minimum atomic E-state index is -4.14. The third-order valence-electron chi connectivity index (χ3n) is 5.49. The zero-order chi connectivity index (χ0) is 25.1. The Kier molecular flexibility index (Phi) is 7.35. The van der Waals surface area contributed by atoms with Crippen LogP contribution in [0.4, 0.5) is 5.82 Å². The van der Waals surface area contributed by atoms with Crippen molar-refractivity contribution >= 4 is 33.2 Å². The van der Waals surface area contributed by atoms with E-state index in [0.717, 1.165) is 11.1 Å². The van der Waals surface area contributed by atoms with Crippen LogP contribution < -0.4 is 11.1 Å². The Labute approximate surface area is 204 Å². The maximum atomic E-state index is 13.9. The lowest BCUT2D eigenvalue weighted by atomic mass is 9.86. The summed E-state index contributed by atoms with van der Waals surface area (Å²) in [5, 5.41) is 12.0. The van der Waals surface area contributed by atoms with Gasteiger partial charge in [-0.25, -0.2) is 13.4 Å². The van der Waals surface area contributed by atoms with Crippen molar-refractivity contribution in [3.05, 3.63) is 88.6 Å². The fraction of sp³-hybridized carbons (Fsp3) is 0.280. The van der Waals surface area contributed by atoms with Crippen LogP contribution in [0.3, 0.4) is 0 Å². The molecule has 1 unspecified atom stereocenters. The third-order valence-corrected chi connectivity index (χ3v) is 7.95. The van der Waals surface area contributed by atoms with Crippen molar-refractivity contribution in [1.82, 2.24) is 4.98 Å². The predicted octanol–water partition coefficient (Wildman–Crippen LogP) is 4.36. The van der Waals surface area contributed by atoms with Gasteiger partial charge in [-0.2, -0.15) is 0 Å². The number of carboxylic acids is 1. The lowest BCUT2D eigenvalue weighted by Crippen LogP contribution is -2.47. The Morgan fingerprint density at radius 3 is 2.21 bits per heavy atom. The van der Waals surface area contributed by atoms with Gasteiger partial charge in [-0.05, 0) is 52.9 Å². The second-order valence-electron chi connectivity index (χ2n) is 9.13. The number of nitrogens with two attached hydrogens (primary N) is 1. The highest BCUT2D eigenvalue weighted by Crippen LogP contribution is 2.35. The molecule has 0 amide bonds. The monoisotopic (exact) mass is 501 g/mol. The Morgan fingerprint density at radius 2 is 1.65 bits per heavy atom. The largest absolute Gasteiger partial charge is 0.480 e. The van der Waals surface area contributed by atoms with E-state index in [0.29, 0.717) is 5.02 Å². The SMILES string of the molecule is CC(C)(C)c1ccc(CC(N)(c2cccc(NCC(=O)O)n2)S(=O)(=O)c2ccc(Cl)cc2)cc1. The van der Waals surface area contributed by atoms with Gasteiger partial charge in [0, 0.05) is 11.4 Å². The van der Waals surface area contributed by atoms with Crippen molar-refractivity contribution in [3.8, 4) is 0 Å². The van der Waals surface area contributed by atoms with E-state index in [9.17, 15) is 13.2 Å². The highest BCUT2D eigenvalue weighted by Gasteiger charge is 2.44. The molecule has 1 aromatic heterocycles. The fourth-order valence-corrected chi connectivity index (χ4v) is 5.29. The van der Waals surface area contributed by atoms with Gasteiger partial charge < -0.3 is 16.2 Å². The average Bonchev–Trinajstić information content (AvgIpc) is 2.78. The first-order chi connectivity index (χ1) is 15.8. The van der Waals surface area contributed by atoms with E-state index in [1.165, 1.54) is 30.3 Å². The van der Waals surface area contributed by atoms with Crippen LogP contribution in [-0.4, -0.2) is 31.0 Å². The standard InChI is InChI=1S/C25H28ClN3O4S/c1-24(2,3)18-9-7-17(8-10-18)15-25(27,34(32,33)20-13-11-19(26)12-14-20)21-5-4-6-22(29-21)28-16-23(30)31/h4-14H,15-16,27H2,1-3H3,(H,28,29)(H,30,31). The number of hydrogen-bond acceptors (Lipinski definition) is 6. The van der Waals surface area contributed by atoms with E-state index in [1.54, 1.807) is 12.1 Å². The van der Waals surface area contributed by atoms with Gasteiger partial charge >= 0.3 is 5.97 Å². The molecule has 0 radical (unpaired) electrons. The molecule has 0 saturated heterocycles. The maximum absolute atomic E-state index is 13.9. The summed E-state index contributed by atoms with van der Waals surface area (Å²) in [6, 6.07) is 18.1. The Bertz CT molecular complexity index is 1270. The summed E-state index contributed by atoms with van der Waals surface area (Å²) in [6.45, 7) is 5.92. The van der Waals surface area contributed by atoms with E-state index in [1.807, 2.05) is 24.3 Å². The summed E-state index contributed by atoms with van der Waals surface area (Å²) in [5.41, 5.74) is 8.59. The van der Waals surface area contributed by atoms with Gasteiger partial charge in [0.25, 0.3) is 0 Å². The van der Waals surface area contributed by atoms with E-state index in [-0.39, 0.29) is 34.8 Å². The van der Waals surface area contributed by atoms with Gasteiger partial charge in [-0.3, -0.25) is 4.79 Å². The third kappa shape index (κ3) is 5.58. The van der Waals surface area contributed by atoms with E-state index >= 15 is 0 Å². The quantitative estimate of drug-likeness (QED) is 0.419. The summed E-state index contributed by atoms with van der Waals surface area (Å²) >= 11 is 5.96. The molecule has 7 nitrogen and oxygen atoms in total. The maximum Gasteiger partial charge on any atom is 0.322 e. The molecular formula is C25H28ClN3O4S. The summed E-state index contributed by atoms with van der Waals surface area (Å²) in [6.07, 6.45) is -0.0439. The molecule has 0 saturated carbocycles. The number of carboxylic acid groups (broad SMARTS) is 1. The van der Waals surface area contributed by atoms with E-state index < -0.39 is 20.7 Å². The van der Waals surface area contributed by atoms with Crippen LogP contribution in [0, 0.1) is 0 Å². The number of rotatable bonds is 8. The Hall–Kier alpha value is -2.94. The number of pyridine rings is 1. The average molecular weight is 502 g/mol. The number of nitrogens with one attached hydrogen (secondary N) is 1. The molecule has 0 aliphatic rings. The summed E-state index contributed by atoms with van der Waals surface area (Å²) in [4.78, 5) is 13.4. The predicted molar refractivity (Wildman–Crippen MR) is 134 cm³/mol. The zero-order valence-corrected chi connectivity index (χ0v) is 20.8. The minimum Gasteiger partial charge on any atom is -0.480 e. The molecule has 4 N–H and O–H groups in total. The number of carbonyl (C=O) groups is 1. The van der Waals surface area contributed by atoms with Crippen LogP contribution >= 0.6 is 11.6 Å². The van der Waals surface area contributed by atoms with Crippen molar-refractivity contribution in [1.29, 1.82) is 0 Å². The van der Waals surface area contributed by atoms with Crippen LogP contribution in [0.15, 0.2) is 71.6 Å². The van der Waals surface area contributed by atoms with Crippen LogP contribution in [0.2, 0.25) is 5.02 Å². The van der Waals surface area contributed by atoms with Crippen molar-refractivity contribution in [2.24, 2.45) is 5.73 Å². The van der Waals surface area contributed by atoms with Crippen LogP contribution in [0.5, 0.6) is 0 Å². The first kappa shape index (κ1) is 25.7. The van der Waals surface area contributed by atoms with Crippen LogP contribution in [-0.2, 0) is 31.3 Å². The van der Waals surface area contributed by atoms with Gasteiger partial charge in [-0.15, -0.1) is 0 Å². The topological polar surface area (TPSA) is 122 Å². The summed E-state index contributed by atoms with van der Waals surface area (Å²) < 4.78 is 27.7. The number of sulfone groups is 1. The molecule has 3 rings (SSSR count). The number of hydrogen-bond donors (Lipinski definition) is 3. The number of nitrogens with zero attached hydrogens (tertiary/aromatic N) is 1. The molecule has 34 heavy (non-hydrogen) atoms. The summed E-state index contributed by atoms with van der Waals surface area (Å²) in [5.74, 6) is -0.858. The Morgan fingerprint density at radius 1 is 1.03 bits per heavy atom. The lowest BCUT2D eigenvalue weighted by molar-refractivity contribution is -0.134. The molecule has 9 heteroatoms. The number of aromatic nitrogens is 1. The fourth-order valence-electron chi connectivity index (χ4n) is 3.51. The molecule has 2 aromatic carbocycles. The molecule has 0 bridgehead atoms. The second kappa shape index (κ2) is 9.74. The van der Waals surface area contributed by atoms with Gasteiger partial charge in [-0.1, -0.05) is 62.7 Å². The highest BCUT2D eigenvalue weighted by atomic mass is 35.5. The first-order valence-corrected chi connectivity index (χ1v) is 12.5. The molecule has 1 heterocycles. The summed E-state index contributed by atoms with van der Waals surface area (Å²) in [7, 11) is -4.14. The minimum absolute atomic E-state index is 0.0106. The van der Waals surface area contributed by atoms with Crippen molar-refractivity contribution in [2.45, 2.75) is 42.4 Å². The molecule has 3 aromatic rings. The molecular weight excluding hydrogens is 474 g/mol. The van der Waals surface area contributed by atoms with Gasteiger partial charge in [0.1, 0.15) is 12.4 Å². The highest BCUT2D eigenvalue weighted by molar-refractivity contribution is 7.92. The first-order valence-electron chi connectivity index (χ1n) is 10.6. The molecule has 1 atom stereocenters. The van der Waals surface area contributed by atoms with E-state index in [2.05, 4.69) is 31.1 Å². The zero-order valence-electron chi connectivity index (χ0n) is 19.2. The van der Waals surface area contributed by atoms with Gasteiger partial charge in [0.2, 0.25) is 9.84 Å². The molecule has 0 spiro atoms. The van der Waals surface area contributed by atoms with Gasteiger partial charge in [0.05, 0.1) is 10.6 Å². The number of anilines is 1. The van der Waals surface area contributed by atoms with Gasteiger partial charge in [0.15, 0.2) is 4.87 Å². The number of aliphatic carboxylic acids is 1. The smallest absolute Gasteiger partial charge is 0.322 e. The van der Waals surface area contributed by atoms with E-state index in [4.69, 9.17) is 22.4 Å². The van der Waals surface area contributed by atoms with Crippen molar-refractivity contribution in [2.75, 3.05) is 11.9 Å².